The maximum Gasteiger partial charge on any atom is 0.136 e. The topological polar surface area (TPSA) is 57.4 Å². The predicted octanol–water partition coefficient (Wildman–Crippen LogP) is 0.682. The Hall–Kier alpha value is -1.24. The van der Waals surface area contributed by atoms with Crippen molar-refractivity contribution >= 4 is 23.0 Å². The number of aryl methyl sites for hydroxylation is 1. The minimum Gasteiger partial charge on any atom is -0.389 e. The monoisotopic (exact) mass is 293 g/mol. The van der Waals surface area contributed by atoms with Gasteiger partial charge in [-0.1, -0.05) is 12.2 Å². The number of hydrogen-bond donors (Lipinski definition) is 2. The molecule has 1 aromatic heterocycles. The molecule has 2 heterocycles. The van der Waals surface area contributed by atoms with E-state index in [1.807, 2.05) is 13.0 Å². The summed E-state index contributed by atoms with van der Waals surface area (Å²) in [6, 6.07) is 2.40. The van der Waals surface area contributed by atoms with Crippen molar-refractivity contribution in [2.45, 2.75) is 13.0 Å². The van der Waals surface area contributed by atoms with Crippen LogP contribution in [-0.4, -0.2) is 66.1 Å². The number of nitrogens with zero attached hydrogens (tertiary/aromatic N) is 3. The van der Waals surface area contributed by atoms with E-state index in [1.54, 1.807) is 6.20 Å². The average molecular weight is 293 g/mol. The van der Waals surface area contributed by atoms with Crippen LogP contribution in [-0.2, 0) is 0 Å². The van der Waals surface area contributed by atoms with Gasteiger partial charge in [0, 0.05) is 38.4 Å². The molecule has 1 aromatic rings. The zero-order valence-electron chi connectivity index (χ0n) is 12.4. The fraction of sp³-hybridized carbons (Fsp3) is 0.571. The first-order valence-corrected chi connectivity index (χ1v) is 7.28. The van der Waals surface area contributed by atoms with Crippen molar-refractivity contribution in [2.24, 2.45) is 5.73 Å². The van der Waals surface area contributed by atoms with Crippen molar-refractivity contribution in [2.75, 3.05) is 45.6 Å². The SMILES string of the molecule is Cc1ccnc(NCC2CN(C)CCN2C)c1C(N)=S. The Labute approximate surface area is 126 Å². The zero-order valence-corrected chi connectivity index (χ0v) is 13.2. The fourth-order valence-electron chi connectivity index (χ4n) is 2.54. The van der Waals surface area contributed by atoms with Crippen LogP contribution in [0.2, 0.25) is 0 Å². The molecule has 1 aliphatic heterocycles. The summed E-state index contributed by atoms with van der Waals surface area (Å²) in [5, 5.41) is 3.41. The van der Waals surface area contributed by atoms with Gasteiger partial charge in [0.15, 0.2) is 0 Å². The minimum absolute atomic E-state index is 0.396. The van der Waals surface area contributed by atoms with Crippen LogP contribution in [0.5, 0.6) is 0 Å². The predicted molar refractivity (Wildman–Crippen MR) is 87.3 cm³/mol. The third kappa shape index (κ3) is 3.45. The van der Waals surface area contributed by atoms with Crippen LogP contribution in [0.4, 0.5) is 5.82 Å². The van der Waals surface area contributed by atoms with E-state index in [1.165, 1.54) is 0 Å². The van der Waals surface area contributed by atoms with Gasteiger partial charge in [0.05, 0.1) is 5.56 Å². The number of nitrogens with two attached hydrogens (primary N) is 1. The van der Waals surface area contributed by atoms with E-state index in [-0.39, 0.29) is 0 Å². The molecule has 20 heavy (non-hydrogen) atoms. The lowest BCUT2D eigenvalue weighted by atomic mass is 10.1. The van der Waals surface area contributed by atoms with Crippen LogP contribution in [0.1, 0.15) is 11.1 Å². The van der Waals surface area contributed by atoms with Gasteiger partial charge in [-0.05, 0) is 32.6 Å². The van der Waals surface area contributed by atoms with Crippen molar-refractivity contribution in [3.8, 4) is 0 Å². The molecule has 1 atom stereocenters. The van der Waals surface area contributed by atoms with Gasteiger partial charge in [-0.3, -0.25) is 4.90 Å². The van der Waals surface area contributed by atoms with Crippen LogP contribution in [0.25, 0.3) is 0 Å². The van der Waals surface area contributed by atoms with E-state index >= 15 is 0 Å². The summed E-state index contributed by atoms with van der Waals surface area (Å²) in [6.45, 7) is 6.10. The zero-order chi connectivity index (χ0) is 14.7. The maximum atomic E-state index is 5.81. The van der Waals surface area contributed by atoms with Gasteiger partial charge in [0.2, 0.25) is 0 Å². The van der Waals surface area contributed by atoms with E-state index in [0.29, 0.717) is 11.0 Å². The molecule has 0 aliphatic carbocycles. The Morgan fingerprint density at radius 3 is 2.95 bits per heavy atom. The Morgan fingerprint density at radius 2 is 2.25 bits per heavy atom. The molecule has 0 spiro atoms. The van der Waals surface area contributed by atoms with Crippen LogP contribution in [0.15, 0.2) is 12.3 Å². The Balaban J connectivity index is 2.07. The molecule has 0 radical (unpaired) electrons. The first-order valence-electron chi connectivity index (χ1n) is 6.87. The van der Waals surface area contributed by atoms with Crippen molar-refractivity contribution in [1.82, 2.24) is 14.8 Å². The summed E-state index contributed by atoms with van der Waals surface area (Å²) < 4.78 is 0. The second-order valence-corrected chi connectivity index (χ2v) is 5.93. The number of nitrogens with one attached hydrogen (secondary N) is 1. The third-order valence-corrected chi connectivity index (χ3v) is 4.10. The number of piperazine rings is 1. The number of likely N-dealkylation sites (N-methyl/N-ethyl adjacent to an activating group) is 2. The fourth-order valence-corrected chi connectivity index (χ4v) is 2.80. The summed E-state index contributed by atoms with van der Waals surface area (Å²) in [4.78, 5) is 9.50. The molecule has 2 rings (SSSR count). The highest BCUT2D eigenvalue weighted by Gasteiger charge is 2.22. The molecule has 0 saturated carbocycles. The van der Waals surface area contributed by atoms with E-state index in [9.17, 15) is 0 Å². The summed E-state index contributed by atoms with van der Waals surface area (Å²) in [6.07, 6.45) is 1.79. The van der Waals surface area contributed by atoms with Crippen molar-refractivity contribution in [1.29, 1.82) is 0 Å². The van der Waals surface area contributed by atoms with Crippen molar-refractivity contribution in [3.63, 3.8) is 0 Å². The van der Waals surface area contributed by atoms with E-state index in [2.05, 4.69) is 34.2 Å². The maximum absolute atomic E-state index is 5.81. The third-order valence-electron chi connectivity index (χ3n) is 3.89. The Morgan fingerprint density at radius 1 is 1.50 bits per heavy atom. The molecule has 0 aromatic carbocycles. The van der Waals surface area contributed by atoms with Crippen LogP contribution in [0, 0.1) is 6.92 Å². The molecular weight excluding hydrogens is 270 g/mol. The lowest BCUT2D eigenvalue weighted by Crippen LogP contribution is -2.52. The lowest BCUT2D eigenvalue weighted by molar-refractivity contribution is 0.122. The van der Waals surface area contributed by atoms with Crippen molar-refractivity contribution in [3.05, 3.63) is 23.4 Å². The molecule has 0 amide bonds. The lowest BCUT2D eigenvalue weighted by Gasteiger charge is -2.37. The van der Waals surface area contributed by atoms with E-state index in [4.69, 9.17) is 18.0 Å². The quantitative estimate of drug-likeness (QED) is 0.796. The minimum atomic E-state index is 0.396. The standard InChI is InChI=1S/C14H23N5S/c1-10-4-5-16-14(12(10)13(15)20)17-8-11-9-18(2)6-7-19(11)3/h4-5,11H,6-9H2,1-3H3,(H2,15,20)(H,16,17). The molecule has 110 valence electrons. The smallest absolute Gasteiger partial charge is 0.136 e. The number of aromatic nitrogens is 1. The molecule has 1 fully saturated rings. The Bertz CT molecular complexity index is 490. The van der Waals surface area contributed by atoms with Gasteiger partial charge >= 0.3 is 0 Å². The molecule has 1 aliphatic rings. The van der Waals surface area contributed by atoms with E-state index in [0.717, 1.165) is 43.1 Å². The van der Waals surface area contributed by atoms with Crippen LogP contribution < -0.4 is 11.1 Å². The number of thiocarbonyl (C=S) groups is 1. The highest BCUT2D eigenvalue weighted by molar-refractivity contribution is 7.80. The number of anilines is 1. The molecule has 6 heteroatoms. The molecular formula is C14H23N5S. The average Bonchev–Trinajstić information content (AvgIpc) is 2.39. The molecule has 1 unspecified atom stereocenters. The summed E-state index contributed by atoms with van der Waals surface area (Å²) in [7, 11) is 4.32. The first-order chi connectivity index (χ1) is 9.49. The molecule has 5 nitrogen and oxygen atoms in total. The van der Waals surface area contributed by atoms with Gasteiger partial charge in [0.25, 0.3) is 0 Å². The summed E-state index contributed by atoms with van der Waals surface area (Å²) >= 11 is 5.13. The second-order valence-electron chi connectivity index (χ2n) is 5.49. The first kappa shape index (κ1) is 15.2. The second kappa shape index (κ2) is 6.47. The van der Waals surface area contributed by atoms with Crippen molar-refractivity contribution < 1.29 is 0 Å². The summed E-state index contributed by atoms with van der Waals surface area (Å²) in [5.41, 5.74) is 7.72. The highest BCUT2D eigenvalue weighted by Crippen LogP contribution is 2.17. The number of hydrogen-bond acceptors (Lipinski definition) is 5. The number of rotatable bonds is 4. The molecule has 1 saturated heterocycles. The van der Waals surface area contributed by atoms with Gasteiger partial charge in [-0.25, -0.2) is 4.98 Å². The summed E-state index contributed by atoms with van der Waals surface area (Å²) in [5.74, 6) is 0.791. The number of pyridine rings is 1. The van der Waals surface area contributed by atoms with Gasteiger partial charge in [0.1, 0.15) is 10.8 Å². The van der Waals surface area contributed by atoms with Crippen LogP contribution in [0.3, 0.4) is 0 Å². The molecule has 0 bridgehead atoms. The van der Waals surface area contributed by atoms with Gasteiger partial charge in [-0.15, -0.1) is 0 Å². The molecule has 3 N–H and O–H groups in total. The normalized spacial score (nSPS) is 20.9. The van der Waals surface area contributed by atoms with Gasteiger partial charge < -0.3 is 16.0 Å². The van der Waals surface area contributed by atoms with E-state index < -0.39 is 0 Å². The highest BCUT2D eigenvalue weighted by atomic mass is 32.1. The van der Waals surface area contributed by atoms with Crippen LogP contribution >= 0.6 is 12.2 Å². The van der Waals surface area contributed by atoms with Gasteiger partial charge in [-0.2, -0.15) is 0 Å². The Kier molecular flexibility index (Phi) is 4.91. The largest absolute Gasteiger partial charge is 0.389 e.